The first-order valence-electron chi connectivity index (χ1n) is 7.32. The standard InChI is InChI=1S/C15H25N3O/c1-4-7-16-14(11(2)12-5-6-12)8-13-9-15(19-3)18-10-17-13/h9-12,14,16H,4-8H2,1-3H3. The van der Waals surface area contributed by atoms with Crippen molar-refractivity contribution in [3.8, 4) is 5.88 Å². The molecule has 0 amide bonds. The quantitative estimate of drug-likeness (QED) is 0.782. The summed E-state index contributed by atoms with van der Waals surface area (Å²) in [6, 6.07) is 2.45. The molecule has 0 aromatic carbocycles. The summed E-state index contributed by atoms with van der Waals surface area (Å²) in [4.78, 5) is 8.43. The zero-order chi connectivity index (χ0) is 13.7. The Morgan fingerprint density at radius 1 is 1.42 bits per heavy atom. The highest BCUT2D eigenvalue weighted by Crippen LogP contribution is 2.38. The van der Waals surface area contributed by atoms with E-state index in [1.54, 1.807) is 13.4 Å². The van der Waals surface area contributed by atoms with Crippen molar-refractivity contribution in [1.82, 2.24) is 15.3 Å². The van der Waals surface area contributed by atoms with Gasteiger partial charge in [-0.15, -0.1) is 0 Å². The highest BCUT2D eigenvalue weighted by molar-refractivity contribution is 5.14. The zero-order valence-electron chi connectivity index (χ0n) is 12.2. The Morgan fingerprint density at radius 2 is 2.21 bits per heavy atom. The molecule has 1 aromatic heterocycles. The first kappa shape index (κ1) is 14.3. The van der Waals surface area contributed by atoms with Gasteiger partial charge in [0.05, 0.1) is 7.11 Å². The highest BCUT2D eigenvalue weighted by atomic mass is 16.5. The van der Waals surface area contributed by atoms with Crippen LogP contribution >= 0.6 is 0 Å². The van der Waals surface area contributed by atoms with Gasteiger partial charge in [0.25, 0.3) is 0 Å². The van der Waals surface area contributed by atoms with Crippen LogP contribution in [0.2, 0.25) is 0 Å². The van der Waals surface area contributed by atoms with E-state index in [1.807, 2.05) is 6.07 Å². The Balaban J connectivity index is 2.00. The van der Waals surface area contributed by atoms with Crippen LogP contribution in [0.4, 0.5) is 0 Å². The van der Waals surface area contributed by atoms with Gasteiger partial charge in [-0.2, -0.15) is 0 Å². The van der Waals surface area contributed by atoms with Gasteiger partial charge >= 0.3 is 0 Å². The lowest BCUT2D eigenvalue weighted by molar-refractivity contribution is 0.336. The van der Waals surface area contributed by atoms with Crippen LogP contribution in [-0.4, -0.2) is 29.7 Å². The Bertz CT molecular complexity index is 393. The molecule has 2 rings (SSSR count). The fraction of sp³-hybridized carbons (Fsp3) is 0.733. The second-order valence-electron chi connectivity index (χ2n) is 5.51. The third-order valence-electron chi connectivity index (χ3n) is 3.99. The van der Waals surface area contributed by atoms with Crippen LogP contribution in [0.1, 0.15) is 38.8 Å². The second-order valence-corrected chi connectivity index (χ2v) is 5.51. The molecule has 1 N–H and O–H groups in total. The molecule has 1 heterocycles. The zero-order valence-corrected chi connectivity index (χ0v) is 12.2. The number of methoxy groups -OCH3 is 1. The average Bonchev–Trinajstić information content (AvgIpc) is 3.27. The van der Waals surface area contributed by atoms with Crippen LogP contribution in [0.25, 0.3) is 0 Å². The van der Waals surface area contributed by atoms with Crippen LogP contribution in [0.5, 0.6) is 5.88 Å². The van der Waals surface area contributed by atoms with Crippen molar-refractivity contribution in [2.45, 2.75) is 45.6 Å². The minimum absolute atomic E-state index is 0.507. The minimum atomic E-state index is 0.507. The highest BCUT2D eigenvalue weighted by Gasteiger charge is 2.33. The molecule has 1 saturated carbocycles. The van der Waals surface area contributed by atoms with Crippen molar-refractivity contribution in [1.29, 1.82) is 0 Å². The first-order valence-corrected chi connectivity index (χ1v) is 7.32. The Morgan fingerprint density at radius 3 is 2.84 bits per heavy atom. The van der Waals surface area contributed by atoms with E-state index >= 15 is 0 Å². The van der Waals surface area contributed by atoms with E-state index in [2.05, 4.69) is 29.1 Å². The van der Waals surface area contributed by atoms with Gasteiger partial charge in [-0.3, -0.25) is 0 Å². The minimum Gasteiger partial charge on any atom is -0.481 e. The van der Waals surface area contributed by atoms with E-state index < -0.39 is 0 Å². The first-order chi connectivity index (χ1) is 9.24. The third-order valence-corrected chi connectivity index (χ3v) is 3.99. The average molecular weight is 263 g/mol. The van der Waals surface area contributed by atoms with Gasteiger partial charge in [0, 0.05) is 24.2 Å². The molecule has 0 spiro atoms. The molecule has 2 atom stereocenters. The smallest absolute Gasteiger partial charge is 0.216 e. The maximum absolute atomic E-state index is 5.17. The van der Waals surface area contributed by atoms with Gasteiger partial charge in [0.1, 0.15) is 6.33 Å². The van der Waals surface area contributed by atoms with Gasteiger partial charge < -0.3 is 10.1 Å². The van der Waals surface area contributed by atoms with Crippen LogP contribution < -0.4 is 10.1 Å². The predicted octanol–water partition coefficient (Wildman–Crippen LogP) is 2.44. The van der Waals surface area contributed by atoms with E-state index in [1.165, 1.54) is 19.3 Å². The monoisotopic (exact) mass is 263 g/mol. The summed E-state index contributed by atoms with van der Waals surface area (Å²) in [6.45, 7) is 5.65. The summed E-state index contributed by atoms with van der Waals surface area (Å²) in [5, 5.41) is 3.68. The lowest BCUT2D eigenvalue weighted by Gasteiger charge is -2.25. The predicted molar refractivity (Wildman–Crippen MR) is 76.3 cm³/mol. The molecule has 1 aliphatic carbocycles. The number of hydrogen-bond donors (Lipinski definition) is 1. The molecule has 1 fully saturated rings. The molecular formula is C15H25N3O. The van der Waals surface area contributed by atoms with E-state index in [-0.39, 0.29) is 0 Å². The van der Waals surface area contributed by atoms with Crippen molar-refractivity contribution in [2.24, 2.45) is 11.8 Å². The molecule has 0 aliphatic heterocycles. The number of hydrogen-bond acceptors (Lipinski definition) is 4. The number of nitrogens with zero attached hydrogens (tertiary/aromatic N) is 2. The lowest BCUT2D eigenvalue weighted by atomic mass is 9.92. The van der Waals surface area contributed by atoms with E-state index in [9.17, 15) is 0 Å². The lowest BCUT2D eigenvalue weighted by Crippen LogP contribution is -2.38. The Kier molecular flexibility index (Phi) is 5.14. The maximum Gasteiger partial charge on any atom is 0.216 e. The maximum atomic E-state index is 5.17. The van der Waals surface area contributed by atoms with Crippen molar-refractivity contribution in [3.63, 3.8) is 0 Å². The molecule has 4 heteroatoms. The van der Waals surface area contributed by atoms with E-state index in [0.29, 0.717) is 17.8 Å². The Hall–Kier alpha value is -1.16. The summed E-state index contributed by atoms with van der Waals surface area (Å²) in [6.07, 6.45) is 6.49. The molecule has 1 aromatic rings. The number of aromatic nitrogens is 2. The van der Waals surface area contributed by atoms with Gasteiger partial charge in [0.2, 0.25) is 5.88 Å². The summed E-state index contributed by atoms with van der Waals surface area (Å²) < 4.78 is 5.17. The van der Waals surface area contributed by atoms with Crippen molar-refractivity contribution >= 4 is 0 Å². The fourth-order valence-corrected chi connectivity index (χ4v) is 2.55. The normalized spacial score (nSPS) is 18.1. The molecule has 1 aliphatic rings. The van der Waals surface area contributed by atoms with Crippen LogP contribution in [0, 0.1) is 11.8 Å². The second kappa shape index (κ2) is 6.85. The molecule has 0 saturated heterocycles. The molecule has 0 bridgehead atoms. The largest absolute Gasteiger partial charge is 0.481 e. The number of rotatable bonds is 8. The van der Waals surface area contributed by atoms with E-state index in [4.69, 9.17) is 4.74 Å². The summed E-state index contributed by atoms with van der Waals surface area (Å²) in [7, 11) is 1.64. The summed E-state index contributed by atoms with van der Waals surface area (Å²) >= 11 is 0. The number of ether oxygens (including phenoxy) is 1. The Labute approximate surface area is 116 Å². The molecule has 2 unspecified atom stereocenters. The third kappa shape index (κ3) is 4.16. The SMILES string of the molecule is CCCNC(Cc1cc(OC)ncn1)C(C)C1CC1. The van der Waals surface area contributed by atoms with Crippen molar-refractivity contribution in [3.05, 3.63) is 18.1 Å². The van der Waals surface area contributed by atoms with Crippen molar-refractivity contribution in [2.75, 3.05) is 13.7 Å². The molecule has 0 radical (unpaired) electrons. The van der Waals surface area contributed by atoms with Gasteiger partial charge in [-0.1, -0.05) is 13.8 Å². The summed E-state index contributed by atoms with van der Waals surface area (Å²) in [5.74, 6) is 2.27. The van der Waals surface area contributed by atoms with Gasteiger partial charge in [-0.05, 0) is 37.6 Å². The summed E-state index contributed by atoms with van der Waals surface area (Å²) in [5.41, 5.74) is 1.06. The molecule has 19 heavy (non-hydrogen) atoms. The van der Waals surface area contributed by atoms with Crippen molar-refractivity contribution < 1.29 is 4.74 Å². The van der Waals surface area contributed by atoms with Crippen LogP contribution in [-0.2, 0) is 6.42 Å². The topological polar surface area (TPSA) is 47.0 Å². The van der Waals surface area contributed by atoms with Gasteiger partial charge in [0.15, 0.2) is 0 Å². The van der Waals surface area contributed by atoms with Crippen LogP contribution in [0.15, 0.2) is 12.4 Å². The molecule has 4 nitrogen and oxygen atoms in total. The fourth-order valence-electron chi connectivity index (χ4n) is 2.55. The molecule has 106 valence electrons. The van der Waals surface area contributed by atoms with Gasteiger partial charge in [-0.25, -0.2) is 9.97 Å². The van der Waals surface area contributed by atoms with E-state index in [0.717, 1.165) is 24.6 Å². The number of nitrogens with one attached hydrogen (secondary N) is 1. The van der Waals surface area contributed by atoms with Crippen LogP contribution in [0.3, 0.4) is 0 Å². The molecular weight excluding hydrogens is 238 g/mol.